The van der Waals surface area contributed by atoms with Crippen molar-refractivity contribution in [3.63, 3.8) is 0 Å². The summed E-state index contributed by atoms with van der Waals surface area (Å²) in [7, 11) is -3.55. The van der Waals surface area contributed by atoms with Gasteiger partial charge < -0.3 is 4.90 Å². The lowest BCUT2D eigenvalue weighted by Crippen LogP contribution is -2.30. The lowest BCUT2D eigenvalue weighted by atomic mass is 10.1. The molecule has 0 aliphatic carbocycles. The molecule has 0 unspecified atom stereocenters. The molecule has 1 heterocycles. The van der Waals surface area contributed by atoms with Crippen LogP contribution in [-0.4, -0.2) is 21.5 Å². The minimum atomic E-state index is -3.55. The predicted octanol–water partition coefficient (Wildman–Crippen LogP) is 4.09. The van der Waals surface area contributed by atoms with E-state index in [9.17, 15) is 8.42 Å². The van der Waals surface area contributed by atoms with Gasteiger partial charge in [0.15, 0.2) is 0 Å². The van der Waals surface area contributed by atoms with E-state index in [1.165, 1.54) is 11.8 Å². The molecular weight excluding hydrogens is 320 g/mol. The summed E-state index contributed by atoms with van der Waals surface area (Å²) < 4.78 is 27.5. The number of piperidine rings is 1. The molecule has 1 saturated heterocycles. The molecule has 1 aliphatic rings. The van der Waals surface area contributed by atoms with Gasteiger partial charge in [0.1, 0.15) is 0 Å². The molecule has 1 fully saturated rings. The molecule has 24 heavy (non-hydrogen) atoms. The van der Waals surface area contributed by atoms with Crippen molar-refractivity contribution in [2.45, 2.75) is 19.3 Å². The quantitative estimate of drug-likeness (QED) is 0.890. The molecule has 126 valence electrons. The maximum Gasteiger partial charge on any atom is 0.255 e. The summed E-state index contributed by atoms with van der Waals surface area (Å²) in [6.07, 6.45) is 5.14. The molecule has 5 heteroatoms. The van der Waals surface area contributed by atoms with Crippen LogP contribution in [0.4, 0.5) is 11.4 Å². The molecule has 3 rings (SSSR count). The molecule has 4 nitrogen and oxygen atoms in total. The minimum absolute atomic E-state index is 0.636. The minimum Gasteiger partial charge on any atom is -0.370 e. The Bertz CT molecular complexity index is 795. The topological polar surface area (TPSA) is 49.4 Å². The number of sulfonamides is 1. The van der Waals surface area contributed by atoms with Gasteiger partial charge in [0, 0.05) is 13.1 Å². The third-order valence-electron chi connectivity index (χ3n) is 4.09. The average Bonchev–Trinajstić information content (AvgIpc) is 2.62. The van der Waals surface area contributed by atoms with Gasteiger partial charge >= 0.3 is 0 Å². The van der Waals surface area contributed by atoms with Gasteiger partial charge in [-0.3, -0.25) is 4.72 Å². The summed E-state index contributed by atoms with van der Waals surface area (Å²) in [5.74, 6) is 0. The highest BCUT2D eigenvalue weighted by Gasteiger charge is 2.16. The second kappa shape index (κ2) is 7.53. The number of nitrogens with zero attached hydrogens (tertiary/aromatic N) is 1. The zero-order valence-electron chi connectivity index (χ0n) is 13.6. The first-order valence-corrected chi connectivity index (χ1v) is 9.79. The number of hydrogen-bond acceptors (Lipinski definition) is 3. The Morgan fingerprint density at radius 2 is 1.54 bits per heavy atom. The van der Waals surface area contributed by atoms with Crippen LogP contribution >= 0.6 is 0 Å². The number of benzene rings is 2. The Morgan fingerprint density at radius 1 is 0.875 bits per heavy atom. The summed E-state index contributed by atoms with van der Waals surface area (Å²) in [5, 5.41) is 1.22. The maximum atomic E-state index is 12.4. The van der Waals surface area contributed by atoms with Crippen LogP contribution in [0.5, 0.6) is 0 Å². The van der Waals surface area contributed by atoms with Gasteiger partial charge in [-0.15, -0.1) is 0 Å². The van der Waals surface area contributed by atoms with Crippen molar-refractivity contribution in [2.24, 2.45) is 0 Å². The van der Waals surface area contributed by atoms with Crippen molar-refractivity contribution in [1.29, 1.82) is 0 Å². The predicted molar refractivity (Wildman–Crippen MR) is 101 cm³/mol. The van der Waals surface area contributed by atoms with E-state index < -0.39 is 10.0 Å². The molecule has 1 aliphatic heterocycles. The Kier molecular flexibility index (Phi) is 5.20. The molecule has 1 N–H and O–H groups in total. The van der Waals surface area contributed by atoms with Crippen LogP contribution in [0.3, 0.4) is 0 Å². The van der Waals surface area contributed by atoms with E-state index in [0.29, 0.717) is 5.69 Å². The van der Waals surface area contributed by atoms with Crippen LogP contribution in [0.25, 0.3) is 6.08 Å². The SMILES string of the molecule is O=S(=O)(C=Cc1ccccc1)Nc1ccccc1N1CCCCC1. The first-order valence-electron chi connectivity index (χ1n) is 8.24. The lowest BCUT2D eigenvalue weighted by Gasteiger charge is -2.30. The maximum absolute atomic E-state index is 12.4. The smallest absolute Gasteiger partial charge is 0.255 e. The standard InChI is InChI=1S/C19H22N2O2S/c22-24(23,16-13-17-9-3-1-4-10-17)20-18-11-5-6-12-19(18)21-14-7-2-8-15-21/h1,3-6,9-13,16,20H,2,7-8,14-15H2. The van der Waals surface area contributed by atoms with Gasteiger partial charge in [0.05, 0.1) is 16.8 Å². The van der Waals surface area contributed by atoms with Gasteiger partial charge in [-0.25, -0.2) is 8.42 Å². The van der Waals surface area contributed by atoms with E-state index in [0.717, 1.165) is 37.2 Å². The zero-order valence-corrected chi connectivity index (χ0v) is 14.4. The van der Waals surface area contributed by atoms with Crippen molar-refractivity contribution < 1.29 is 8.42 Å². The summed E-state index contributed by atoms with van der Waals surface area (Å²) >= 11 is 0. The monoisotopic (exact) mass is 342 g/mol. The molecule has 0 saturated carbocycles. The van der Waals surface area contributed by atoms with Crippen molar-refractivity contribution in [1.82, 2.24) is 0 Å². The van der Waals surface area contributed by atoms with Crippen LogP contribution in [-0.2, 0) is 10.0 Å². The number of nitrogens with one attached hydrogen (secondary N) is 1. The normalized spacial score (nSPS) is 15.6. The number of rotatable bonds is 5. The van der Waals surface area contributed by atoms with Gasteiger partial charge in [0.25, 0.3) is 10.0 Å². The van der Waals surface area contributed by atoms with Gasteiger partial charge in [-0.2, -0.15) is 0 Å². The molecule has 2 aromatic carbocycles. The Balaban J connectivity index is 1.78. The largest absolute Gasteiger partial charge is 0.370 e. The van der Waals surface area contributed by atoms with Crippen molar-refractivity contribution in [2.75, 3.05) is 22.7 Å². The fourth-order valence-corrected chi connectivity index (χ4v) is 3.77. The van der Waals surface area contributed by atoms with Crippen LogP contribution in [0, 0.1) is 0 Å². The molecule has 0 spiro atoms. The van der Waals surface area contributed by atoms with Crippen LogP contribution in [0.15, 0.2) is 60.0 Å². The highest BCUT2D eigenvalue weighted by molar-refractivity contribution is 7.95. The highest BCUT2D eigenvalue weighted by Crippen LogP contribution is 2.29. The number of hydrogen-bond donors (Lipinski definition) is 1. The molecule has 0 radical (unpaired) electrons. The zero-order chi connectivity index (χ0) is 16.8. The van der Waals surface area contributed by atoms with Crippen LogP contribution in [0.2, 0.25) is 0 Å². The summed E-state index contributed by atoms with van der Waals surface area (Å²) in [5.41, 5.74) is 2.44. The molecule has 0 amide bonds. The second-order valence-electron chi connectivity index (χ2n) is 5.93. The second-order valence-corrected chi connectivity index (χ2v) is 7.49. The fraction of sp³-hybridized carbons (Fsp3) is 0.263. The molecule has 2 aromatic rings. The lowest BCUT2D eigenvalue weighted by molar-refractivity contribution is 0.578. The molecule has 0 aromatic heterocycles. The van der Waals surface area contributed by atoms with Crippen molar-refractivity contribution in [3.8, 4) is 0 Å². The van der Waals surface area contributed by atoms with Crippen LogP contribution < -0.4 is 9.62 Å². The number of para-hydroxylation sites is 2. The third-order valence-corrected chi connectivity index (χ3v) is 5.09. The van der Waals surface area contributed by atoms with Crippen molar-refractivity contribution >= 4 is 27.5 Å². The first kappa shape index (κ1) is 16.6. The summed E-state index contributed by atoms with van der Waals surface area (Å²) in [6, 6.07) is 17.0. The fourth-order valence-electron chi connectivity index (χ4n) is 2.89. The Hall–Kier alpha value is -2.27. The van der Waals surface area contributed by atoms with E-state index in [2.05, 4.69) is 9.62 Å². The van der Waals surface area contributed by atoms with Crippen molar-refractivity contribution in [3.05, 3.63) is 65.6 Å². The van der Waals surface area contributed by atoms with Gasteiger partial charge in [-0.1, -0.05) is 42.5 Å². The van der Waals surface area contributed by atoms with Gasteiger partial charge in [-0.05, 0) is 43.0 Å². The number of anilines is 2. The molecule has 0 atom stereocenters. The van der Waals surface area contributed by atoms with Crippen LogP contribution in [0.1, 0.15) is 24.8 Å². The van der Waals surface area contributed by atoms with E-state index >= 15 is 0 Å². The molecular formula is C19H22N2O2S. The third kappa shape index (κ3) is 4.38. The summed E-state index contributed by atoms with van der Waals surface area (Å²) in [4.78, 5) is 2.25. The van der Waals surface area contributed by atoms with E-state index in [4.69, 9.17) is 0 Å². The first-order chi connectivity index (χ1) is 11.6. The summed E-state index contributed by atoms with van der Waals surface area (Å²) in [6.45, 7) is 1.94. The van der Waals surface area contributed by atoms with E-state index in [-0.39, 0.29) is 0 Å². The average molecular weight is 342 g/mol. The van der Waals surface area contributed by atoms with E-state index in [1.807, 2.05) is 54.6 Å². The Morgan fingerprint density at radius 3 is 2.29 bits per heavy atom. The van der Waals surface area contributed by atoms with E-state index in [1.54, 1.807) is 6.08 Å². The highest BCUT2D eigenvalue weighted by atomic mass is 32.2. The van der Waals surface area contributed by atoms with Gasteiger partial charge in [0.2, 0.25) is 0 Å². The Labute approximate surface area is 143 Å². The molecule has 0 bridgehead atoms.